The lowest BCUT2D eigenvalue weighted by molar-refractivity contribution is -0.162. The molecule has 24 heavy (non-hydrogen) atoms. The van der Waals surface area contributed by atoms with Crippen LogP contribution in [0.2, 0.25) is 0 Å². The van der Waals surface area contributed by atoms with Gasteiger partial charge < -0.3 is 15.0 Å². The lowest BCUT2D eigenvalue weighted by Crippen LogP contribution is -2.52. The molecule has 6 nitrogen and oxygen atoms in total. The second-order valence-electron chi connectivity index (χ2n) is 5.67. The number of pyridine rings is 1. The largest absolute Gasteiger partial charge is 0.356 e. The summed E-state index contributed by atoms with van der Waals surface area (Å²) in [7, 11) is 1.70. The van der Waals surface area contributed by atoms with Crippen LogP contribution >= 0.6 is 0 Å². The van der Waals surface area contributed by atoms with Crippen molar-refractivity contribution in [1.82, 2.24) is 15.2 Å². The highest BCUT2D eigenvalue weighted by atomic mass is 16.5. The molecule has 1 saturated heterocycles. The zero-order valence-electron chi connectivity index (χ0n) is 13.4. The Bertz CT molecular complexity index is 706. The summed E-state index contributed by atoms with van der Waals surface area (Å²) in [6, 6.07) is 12.7. The minimum absolute atomic E-state index is 0.0924. The summed E-state index contributed by atoms with van der Waals surface area (Å²) >= 11 is 0. The maximum Gasteiger partial charge on any atom is 0.251 e. The predicted molar refractivity (Wildman–Crippen MR) is 87.8 cm³/mol. The number of morpholine rings is 1. The summed E-state index contributed by atoms with van der Waals surface area (Å²) in [6.45, 7) is 0.274. The van der Waals surface area contributed by atoms with E-state index in [1.807, 2.05) is 42.5 Å². The van der Waals surface area contributed by atoms with Gasteiger partial charge in [0.2, 0.25) is 5.91 Å². The maximum absolute atomic E-state index is 12.6. The monoisotopic (exact) mass is 325 g/mol. The fourth-order valence-electron chi connectivity index (χ4n) is 2.77. The van der Waals surface area contributed by atoms with Crippen molar-refractivity contribution in [2.75, 3.05) is 13.7 Å². The van der Waals surface area contributed by atoms with Crippen molar-refractivity contribution in [3.8, 4) is 0 Å². The SMILES string of the molecule is CN1C(=O)CO[C@H](C(=O)NCc2cccnc2)[C@H]1c1ccccc1. The van der Waals surface area contributed by atoms with Crippen LogP contribution in [0.3, 0.4) is 0 Å². The third-order valence-corrected chi connectivity index (χ3v) is 4.07. The van der Waals surface area contributed by atoms with Crippen molar-refractivity contribution >= 4 is 11.8 Å². The third-order valence-electron chi connectivity index (χ3n) is 4.07. The Hall–Kier alpha value is -2.73. The van der Waals surface area contributed by atoms with Crippen LogP contribution in [0.15, 0.2) is 54.9 Å². The smallest absolute Gasteiger partial charge is 0.251 e. The first-order valence-corrected chi connectivity index (χ1v) is 7.75. The minimum Gasteiger partial charge on any atom is -0.356 e. The van der Waals surface area contributed by atoms with Gasteiger partial charge in [-0.15, -0.1) is 0 Å². The van der Waals surface area contributed by atoms with E-state index in [0.29, 0.717) is 6.54 Å². The van der Waals surface area contributed by atoms with Crippen molar-refractivity contribution in [1.29, 1.82) is 0 Å². The minimum atomic E-state index is -0.744. The Labute approximate surface area is 140 Å². The maximum atomic E-state index is 12.6. The van der Waals surface area contributed by atoms with Gasteiger partial charge >= 0.3 is 0 Å². The molecule has 0 spiro atoms. The molecule has 3 rings (SSSR count). The highest BCUT2D eigenvalue weighted by Crippen LogP contribution is 2.29. The highest BCUT2D eigenvalue weighted by Gasteiger charge is 2.39. The number of nitrogens with one attached hydrogen (secondary N) is 1. The van der Waals surface area contributed by atoms with Crippen LogP contribution in [0.25, 0.3) is 0 Å². The quantitative estimate of drug-likeness (QED) is 0.920. The number of aromatic nitrogens is 1. The van der Waals surface area contributed by atoms with E-state index >= 15 is 0 Å². The normalized spacial score (nSPS) is 20.7. The molecular weight excluding hydrogens is 306 g/mol. The number of hydrogen-bond acceptors (Lipinski definition) is 4. The van der Waals surface area contributed by atoms with E-state index < -0.39 is 12.1 Å². The van der Waals surface area contributed by atoms with Crippen LogP contribution in [0.4, 0.5) is 0 Å². The van der Waals surface area contributed by atoms with Crippen LogP contribution in [0.5, 0.6) is 0 Å². The Morgan fingerprint density at radius 1 is 1.29 bits per heavy atom. The Balaban J connectivity index is 1.76. The lowest BCUT2D eigenvalue weighted by atomic mass is 9.97. The van der Waals surface area contributed by atoms with Gasteiger partial charge in [-0.1, -0.05) is 36.4 Å². The van der Waals surface area contributed by atoms with Crippen LogP contribution in [0.1, 0.15) is 17.2 Å². The number of likely N-dealkylation sites (N-methyl/N-ethyl adjacent to an activating group) is 1. The lowest BCUT2D eigenvalue weighted by Gasteiger charge is -2.38. The predicted octanol–water partition coefficient (Wildman–Crippen LogP) is 1.30. The number of rotatable bonds is 4. The van der Waals surface area contributed by atoms with Gasteiger partial charge in [-0.2, -0.15) is 0 Å². The Kier molecular flexibility index (Phi) is 4.86. The summed E-state index contributed by atoms with van der Waals surface area (Å²) in [5, 5.41) is 2.86. The first kappa shape index (κ1) is 16.1. The molecule has 0 bridgehead atoms. The number of nitrogens with zero attached hydrogens (tertiary/aromatic N) is 2. The number of carbonyl (C=O) groups excluding carboxylic acids is 2. The van der Waals surface area contributed by atoms with E-state index in [2.05, 4.69) is 10.3 Å². The van der Waals surface area contributed by atoms with Crippen LogP contribution in [0, 0.1) is 0 Å². The first-order chi connectivity index (χ1) is 11.7. The fraction of sp³-hybridized carbons (Fsp3) is 0.278. The molecule has 0 radical (unpaired) electrons. The molecule has 1 fully saturated rings. The summed E-state index contributed by atoms with van der Waals surface area (Å²) < 4.78 is 5.56. The van der Waals surface area contributed by atoms with Crippen molar-refractivity contribution in [3.63, 3.8) is 0 Å². The van der Waals surface area contributed by atoms with E-state index in [1.54, 1.807) is 24.3 Å². The molecule has 1 aromatic heterocycles. The average molecular weight is 325 g/mol. The molecule has 2 amide bonds. The van der Waals surface area contributed by atoms with Crippen LogP contribution in [-0.2, 0) is 20.9 Å². The molecule has 1 aliphatic rings. The van der Waals surface area contributed by atoms with E-state index in [1.165, 1.54) is 0 Å². The molecule has 124 valence electrons. The molecule has 0 unspecified atom stereocenters. The summed E-state index contributed by atoms with van der Waals surface area (Å²) in [4.78, 5) is 30.2. The molecule has 1 aromatic carbocycles. The van der Waals surface area contributed by atoms with Crippen molar-refractivity contribution in [2.45, 2.75) is 18.7 Å². The standard InChI is InChI=1S/C18H19N3O3/c1-21-15(22)12-24-17(16(21)14-7-3-2-4-8-14)18(23)20-11-13-6-5-9-19-10-13/h2-10,16-17H,11-12H2,1H3,(H,20,23)/t16-,17+/m1/s1. The number of amides is 2. The zero-order valence-corrected chi connectivity index (χ0v) is 13.4. The summed E-state index contributed by atoms with van der Waals surface area (Å²) in [6.07, 6.45) is 2.64. The van der Waals surface area contributed by atoms with E-state index in [-0.39, 0.29) is 18.4 Å². The molecule has 2 atom stereocenters. The second kappa shape index (κ2) is 7.23. The number of hydrogen-bond donors (Lipinski definition) is 1. The average Bonchev–Trinajstić information content (AvgIpc) is 2.63. The van der Waals surface area contributed by atoms with Gasteiger partial charge in [-0.25, -0.2) is 0 Å². The number of ether oxygens (including phenoxy) is 1. The second-order valence-corrected chi connectivity index (χ2v) is 5.67. The van der Waals surface area contributed by atoms with E-state index in [0.717, 1.165) is 11.1 Å². The van der Waals surface area contributed by atoms with Gasteiger partial charge in [0.1, 0.15) is 6.61 Å². The van der Waals surface area contributed by atoms with E-state index in [9.17, 15) is 9.59 Å². The van der Waals surface area contributed by atoms with Gasteiger partial charge in [0.25, 0.3) is 5.91 Å². The molecule has 1 aliphatic heterocycles. The molecule has 0 aliphatic carbocycles. The van der Waals surface area contributed by atoms with Crippen molar-refractivity contribution < 1.29 is 14.3 Å². The Morgan fingerprint density at radius 2 is 2.08 bits per heavy atom. The molecule has 2 aromatic rings. The number of benzene rings is 1. The van der Waals surface area contributed by atoms with Gasteiger partial charge in [0.15, 0.2) is 6.10 Å². The van der Waals surface area contributed by atoms with Gasteiger partial charge in [-0.05, 0) is 17.2 Å². The van der Waals surface area contributed by atoms with Crippen molar-refractivity contribution in [2.24, 2.45) is 0 Å². The molecule has 2 heterocycles. The Morgan fingerprint density at radius 3 is 2.79 bits per heavy atom. The van der Waals surface area contributed by atoms with Gasteiger partial charge in [0, 0.05) is 26.0 Å². The zero-order chi connectivity index (χ0) is 16.9. The fourth-order valence-corrected chi connectivity index (χ4v) is 2.77. The third kappa shape index (κ3) is 3.44. The van der Waals surface area contributed by atoms with Crippen LogP contribution in [-0.4, -0.2) is 41.5 Å². The van der Waals surface area contributed by atoms with Crippen LogP contribution < -0.4 is 5.32 Å². The molecule has 6 heteroatoms. The summed E-state index contributed by atoms with van der Waals surface area (Å²) in [5.41, 5.74) is 1.77. The molecule has 1 N–H and O–H groups in total. The summed E-state index contributed by atoms with van der Waals surface area (Å²) in [5.74, 6) is -0.382. The number of carbonyl (C=O) groups is 2. The molecular formula is C18H19N3O3. The topological polar surface area (TPSA) is 71.5 Å². The first-order valence-electron chi connectivity index (χ1n) is 7.75. The van der Waals surface area contributed by atoms with E-state index in [4.69, 9.17) is 4.74 Å². The highest BCUT2D eigenvalue weighted by molar-refractivity contribution is 5.86. The molecule has 0 saturated carbocycles. The van der Waals surface area contributed by atoms with Crippen molar-refractivity contribution in [3.05, 3.63) is 66.0 Å². The van der Waals surface area contributed by atoms with Gasteiger partial charge in [0.05, 0.1) is 6.04 Å². The van der Waals surface area contributed by atoms with Gasteiger partial charge in [-0.3, -0.25) is 14.6 Å².